The minimum absolute atomic E-state index is 0.0691. The zero-order valence-electron chi connectivity index (χ0n) is 22.3. The molecular formula is C28H33N5O5. The van der Waals surface area contributed by atoms with Gasteiger partial charge in [-0.1, -0.05) is 6.07 Å². The third kappa shape index (κ3) is 6.38. The Morgan fingerprint density at radius 1 is 1.16 bits per heavy atom. The Labute approximate surface area is 221 Å². The average molecular weight is 520 g/mol. The summed E-state index contributed by atoms with van der Waals surface area (Å²) in [6.07, 6.45) is 2.97. The summed E-state index contributed by atoms with van der Waals surface area (Å²) in [4.78, 5) is 39.7. The highest BCUT2D eigenvalue weighted by Gasteiger charge is 2.26. The van der Waals surface area contributed by atoms with Gasteiger partial charge in [0.15, 0.2) is 5.78 Å². The fourth-order valence-corrected chi connectivity index (χ4v) is 4.20. The number of carbonyl (C=O) groups excluding carboxylic acids is 3. The van der Waals surface area contributed by atoms with Crippen LogP contribution in [0.1, 0.15) is 55.0 Å². The summed E-state index contributed by atoms with van der Waals surface area (Å²) in [5.74, 6) is -0.291. The molecule has 0 radical (unpaired) electrons. The van der Waals surface area contributed by atoms with Crippen LogP contribution in [0.25, 0.3) is 22.9 Å². The van der Waals surface area contributed by atoms with Gasteiger partial charge in [0.2, 0.25) is 0 Å². The van der Waals surface area contributed by atoms with Gasteiger partial charge in [-0.3, -0.25) is 14.3 Å². The Morgan fingerprint density at radius 3 is 2.68 bits per heavy atom. The number of nitrogens with zero attached hydrogens (tertiary/aromatic N) is 2. The zero-order chi connectivity index (χ0) is 27.4. The lowest BCUT2D eigenvalue weighted by Gasteiger charge is -2.19. The van der Waals surface area contributed by atoms with E-state index >= 15 is 0 Å². The number of rotatable bonds is 9. The number of anilines is 1. The summed E-state index contributed by atoms with van der Waals surface area (Å²) < 4.78 is 12.7. The van der Waals surface area contributed by atoms with E-state index in [1.54, 1.807) is 18.3 Å². The zero-order valence-corrected chi connectivity index (χ0v) is 22.3. The van der Waals surface area contributed by atoms with Crippen molar-refractivity contribution >= 4 is 35.1 Å². The Balaban J connectivity index is 1.43. The highest BCUT2D eigenvalue weighted by Crippen LogP contribution is 2.36. The van der Waals surface area contributed by atoms with Gasteiger partial charge < -0.3 is 25.1 Å². The van der Waals surface area contributed by atoms with Crippen molar-refractivity contribution in [3.8, 4) is 11.3 Å². The monoisotopic (exact) mass is 519 g/mol. The van der Waals surface area contributed by atoms with Crippen LogP contribution in [-0.2, 0) is 20.8 Å². The van der Waals surface area contributed by atoms with E-state index in [9.17, 15) is 14.4 Å². The van der Waals surface area contributed by atoms with Crippen molar-refractivity contribution in [2.75, 3.05) is 25.1 Å². The highest BCUT2D eigenvalue weighted by atomic mass is 16.6. The molecule has 3 heterocycles. The number of H-pyrrole nitrogens is 1. The standard InChI is InChI=1S/C28H33N5O5/c1-17-14-20(18(2)34)24(31-17)16-22-21-15-19(6-7-23(21)32-26(22)35)25-8-9-30-33(25)11-13-37-12-10-29-27(36)38-28(3,4)5/h6-9,14-16,31H,10-13H2,1-5H3,(H,29,36)(H,32,35)/b22-16-. The number of benzene rings is 1. The molecule has 2 aromatic heterocycles. The molecule has 200 valence electrons. The Bertz CT molecular complexity index is 1390. The minimum atomic E-state index is -0.544. The minimum Gasteiger partial charge on any atom is -0.444 e. The van der Waals surface area contributed by atoms with E-state index in [-0.39, 0.29) is 11.7 Å². The van der Waals surface area contributed by atoms with E-state index in [2.05, 4.69) is 20.7 Å². The number of Topliss-reactive ketones (excluding diaryl/α,β-unsaturated/α-hetero) is 1. The number of hydrogen-bond acceptors (Lipinski definition) is 6. The number of nitrogens with one attached hydrogen (secondary N) is 3. The molecule has 0 saturated heterocycles. The van der Waals surface area contributed by atoms with Crippen molar-refractivity contribution in [3.63, 3.8) is 0 Å². The van der Waals surface area contributed by atoms with E-state index in [0.717, 1.165) is 22.5 Å². The number of fused-ring (bicyclic) bond motifs is 1. The number of aromatic nitrogens is 3. The molecule has 0 unspecified atom stereocenters. The second kappa shape index (κ2) is 11.1. The van der Waals surface area contributed by atoms with Crippen molar-refractivity contribution in [1.29, 1.82) is 0 Å². The topological polar surface area (TPSA) is 127 Å². The first-order valence-corrected chi connectivity index (χ1v) is 12.5. The Kier molecular flexibility index (Phi) is 7.82. The molecule has 0 bridgehead atoms. The largest absolute Gasteiger partial charge is 0.444 e. The van der Waals surface area contributed by atoms with Gasteiger partial charge in [0, 0.05) is 46.5 Å². The number of ether oxygens (including phenoxy) is 2. The molecule has 4 rings (SSSR count). The molecule has 0 saturated carbocycles. The normalized spacial score (nSPS) is 13.9. The third-order valence-electron chi connectivity index (χ3n) is 5.83. The molecular weight excluding hydrogens is 486 g/mol. The highest BCUT2D eigenvalue weighted by molar-refractivity contribution is 6.35. The number of hydrogen-bond donors (Lipinski definition) is 3. The molecule has 0 aliphatic carbocycles. The summed E-state index contributed by atoms with van der Waals surface area (Å²) in [5, 5.41) is 9.97. The van der Waals surface area contributed by atoms with Gasteiger partial charge in [0.25, 0.3) is 5.91 Å². The first-order chi connectivity index (χ1) is 18.0. The van der Waals surface area contributed by atoms with E-state index in [1.165, 1.54) is 6.92 Å². The first-order valence-electron chi connectivity index (χ1n) is 12.5. The lowest BCUT2D eigenvalue weighted by molar-refractivity contribution is -0.110. The van der Waals surface area contributed by atoms with Gasteiger partial charge in [0.05, 0.1) is 31.0 Å². The van der Waals surface area contributed by atoms with Gasteiger partial charge in [-0.15, -0.1) is 0 Å². The molecule has 0 fully saturated rings. The van der Waals surface area contributed by atoms with Gasteiger partial charge in [-0.2, -0.15) is 5.10 Å². The fraction of sp³-hybridized carbons (Fsp3) is 0.357. The van der Waals surface area contributed by atoms with Crippen molar-refractivity contribution in [2.45, 2.75) is 46.8 Å². The second-order valence-corrected chi connectivity index (χ2v) is 10.1. The fourth-order valence-electron chi connectivity index (χ4n) is 4.20. The van der Waals surface area contributed by atoms with Crippen LogP contribution in [0.2, 0.25) is 0 Å². The third-order valence-corrected chi connectivity index (χ3v) is 5.83. The van der Waals surface area contributed by atoms with Crippen LogP contribution >= 0.6 is 0 Å². The predicted molar refractivity (Wildman–Crippen MR) is 145 cm³/mol. The number of aryl methyl sites for hydroxylation is 1. The number of aromatic amines is 1. The summed E-state index contributed by atoms with van der Waals surface area (Å²) in [6, 6.07) is 9.43. The van der Waals surface area contributed by atoms with Crippen LogP contribution in [0, 0.1) is 6.92 Å². The number of alkyl carbamates (subject to hydrolysis) is 1. The maximum absolute atomic E-state index is 12.8. The van der Waals surface area contributed by atoms with E-state index < -0.39 is 11.7 Å². The van der Waals surface area contributed by atoms with Crippen LogP contribution in [0.3, 0.4) is 0 Å². The number of ketones is 1. The first kappa shape index (κ1) is 26.9. The van der Waals surface area contributed by atoms with E-state index in [0.29, 0.717) is 48.8 Å². The van der Waals surface area contributed by atoms with Crippen LogP contribution in [0.4, 0.5) is 10.5 Å². The second-order valence-electron chi connectivity index (χ2n) is 10.1. The molecule has 38 heavy (non-hydrogen) atoms. The summed E-state index contributed by atoms with van der Waals surface area (Å²) in [5.41, 5.74) is 5.19. The molecule has 2 amide bonds. The molecule has 1 aliphatic rings. The summed E-state index contributed by atoms with van der Waals surface area (Å²) >= 11 is 0. The average Bonchev–Trinajstić information content (AvgIpc) is 3.52. The molecule has 1 aromatic carbocycles. The van der Waals surface area contributed by atoms with Gasteiger partial charge >= 0.3 is 6.09 Å². The quantitative estimate of drug-likeness (QED) is 0.218. The Morgan fingerprint density at radius 2 is 1.95 bits per heavy atom. The Hall–Kier alpha value is -4.18. The van der Waals surface area contributed by atoms with Crippen LogP contribution in [0.15, 0.2) is 36.5 Å². The van der Waals surface area contributed by atoms with E-state index in [1.807, 2.05) is 56.6 Å². The molecule has 10 heteroatoms. The van der Waals surface area contributed by atoms with E-state index in [4.69, 9.17) is 9.47 Å². The van der Waals surface area contributed by atoms with Gasteiger partial charge in [0.1, 0.15) is 5.60 Å². The molecule has 3 N–H and O–H groups in total. The SMILES string of the molecule is CC(=O)c1cc(C)[nH]c1/C=C1\C(=O)Nc2ccc(-c3ccnn3CCOCCNC(=O)OC(C)(C)C)cc21. The molecule has 1 aliphatic heterocycles. The van der Waals surface area contributed by atoms with Crippen molar-refractivity contribution in [2.24, 2.45) is 0 Å². The number of carbonyl (C=O) groups is 3. The van der Waals surface area contributed by atoms with Gasteiger partial charge in [-0.25, -0.2) is 4.79 Å². The summed E-state index contributed by atoms with van der Waals surface area (Å²) in [7, 11) is 0. The summed E-state index contributed by atoms with van der Waals surface area (Å²) in [6.45, 7) is 10.4. The lowest BCUT2D eigenvalue weighted by Crippen LogP contribution is -2.34. The van der Waals surface area contributed by atoms with Crippen LogP contribution < -0.4 is 10.6 Å². The maximum atomic E-state index is 12.8. The van der Waals surface area contributed by atoms with Crippen molar-refractivity contribution in [3.05, 3.63) is 59.0 Å². The molecule has 10 nitrogen and oxygen atoms in total. The molecule has 0 atom stereocenters. The maximum Gasteiger partial charge on any atom is 0.407 e. The predicted octanol–water partition coefficient (Wildman–Crippen LogP) is 4.42. The molecule has 3 aromatic rings. The van der Waals surface area contributed by atoms with Crippen LogP contribution in [-0.4, -0.2) is 57.9 Å². The van der Waals surface area contributed by atoms with Crippen LogP contribution in [0.5, 0.6) is 0 Å². The number of amides is 2. The lowest BCUT2D eigenvalue weighted by atomic mass is 10.0. The molecule has 0 spiro atoms. The van der Waals surface area contributed by atoms with Crippen molar-refractivity contribution in [1.82, 2.24) is 20.1 Å². The smallest absolute Gasteiger partial charge is 0.407 e. The van der Waals surface area contributed by atoms with Crippen molar-refractivity contribution < 1.29 is 23.9 Å². The van der Waals surface area contributed by atoms with Gasteiger partial charge in [-0.05, 0) is 65.0 Å².